The Balaban J connectivity index is 0.000000387. The van der Waals surface area contributed by atoms with Crippen LogP contribution in [0.2, 0.25) is 0 Å². The number of ether oxygens (including phenoxy) is 2. The van der Waals surface area contributed by atoms with Gasteiger partial charge in [0.2, 0.25) is 0 Å². The standard InChI is InChI=1S/2C22H30O5S.Ca/c2*1-2-3-4-5-6-7-8-9-12-18-13-10-14-19(17-18)27-22-20(23)15-11-16-21(22)28(24,25)26;/h2*10-11,13-17,23H,2-9,12H2,1H3,(H,24,25,26);/q;;+2/p-2. The topological polar surface area (TPSA) is 173 Å². The van der Waals surface area contributed by atoms with Crippen LogP contribution in [0.25, 0.3) is 0 Å². The quantitative estimate of drug-likeness (QED) is 0.0392. The van der Waals surface area contributed by atoms with Crippen molar-refractivity contribution < 1.29 is 45.6 Å². The maximum atomic E-state index is 12.0. The molecule has 0 fully saturated rings. The average molecular weight is 851 g/mol. The summed E-state index contributed by atoms with van der Waals surface area (Å²) in [5, 5.41) is 21.9. The van der Waals surface area contributed by atoms with Gasteiger partial charge in [-0.25, -0.2) is 8.42 Å². The van der Waals surface area contributed by atoms with Crippen LogP contribution < -0.4 is 14.6 Å². The van der Waals surface area contributed by atoms with Crippen LogP contribution in [-0.4, -0.2) is 68.8 Å². The predicted octanol–water partition coefficient (Wildman–Crippen LogP) is 10.9. The minimum absolute atomic E-state index is 0. The molecule has 0 unspecified atom stereocenters. The van der Waals surface area contributed by atoms with Gasteiger partial charge < -0.3 is 24.2 Å². The minimum atomic E-state index is -4.79. The number of aryl methyl sites for hydroxylation is 2. The van der Waals surface area contributed by atoms with Gasteiger partial charge in [0, 0.05) is 0 Å². The Hall–Kier alpha value is -2.84. The molecule has 0 aliphatic rings. The average Bonchev–Trinajstić information content (AvgIpc) is 3.15. The first-order chi connectivity index (χ1) is 26.8. The van der Waals surface area contributed by atoms with Gasteiger partial charge in [-0.3, -0.25) is 4.55 Å². The fourth-order valence-electron chi connectivity index (χ4n) is 6.29. The van der Waals surface area contributed by atoms with Crippen LogP contribution in [0.1, 0.15) is 128 Å². The molecule has 2 N–H and O–H groups in total. The van der Waals surface area contributed by atoms with Crippen LogP contribution in [0.5, 0.6) is 34.5 Å². The Morgan fingerprint density at radius 2 is 0.947 bits per heavy atom. The number of unbranched alkanes of at least 4 members (excludes halogenated alkanes) is 14. The van der Waals surface area contributed by atoms with Gasteiger partial charge in [0.25, 0.3) is 10.1 Å². The van der Waals surface area contributed by atoms with Gasteiger partial charge in [-0.1, -0.05) is 152 Å². The fourth-order valence-corrected chi connectivity index (χ4v) is 7.54. The summed E-state index contributed by atoms with van der Waals surface area (Å²) in [6.45, 7) is 4.44. The first-order valence-corrected chi connectivity index (χ1v) is 22.8. The van der Waals surface area contributed by atoms with E-state index >= 15 is 0 Å². The summed E-state index contributed by atoms with van der Waals surface area (Å²) in [7, 11) is -9.29. The maximum absolute atomic E-state index is 12.0. The number of hydrogen-bond acceptors (Lipinski definition) is 9. The van der Waals surface area contributed by atoms with Crippen molar-refractivity contribution in [2.45, 2.75) is 139 Å². The largest absolute Gasteiger partial charge is 2.00 e. The molecule has 0 saturated carbocycles. The molecule has 4 aromatic rings. The van der Waals surface area contributed by atoms with E-state index in [9.17, 15) is 36.2 Å². The van der Waals surface area contributed by atoms with Crippen LogP contribution in [0.4, 0.5) is 0 Å². The third-order valence-electron chi connectivity index (χ3n) is 9.32. The smallest absolute Gasteiger partial charge is 0.870 e. The van der Waals surface area contributed by atoms with E-state index in [2.05, 4.69) is 13.8 Å². The van der Waals surface area contributed by atoms with E-state index in [1.54, 1.807) is 24.3 Å². The SMILES string of the molecule is CCCCCCCCCCc1cccc(Oc2c(O)cccc2S(=O)(=O)O)c1.CCCCCCCCCCc1cccc(Oc2c([O-])cccc2S(=O)(=O)[O-])c1.[Ca+2]. The van der Waals surface area contributed by atoms with E-state index in [0.29, 0.717) is 11.5 Å². The zero-order valence-corrected chi connectivity index (χ0v) is 37.3. The van der Waals surface area contributed by atoms with Crippen molar-refractivity contribution in [1.82, 2.24) is 0 Å². The molecule has 0 bridgehead atoms. The van der Waals surface area contributed by atoms with Crippen molar-refractivity contribution in [1.29, 1.82) is 0 Å². The Morgan fingerprint density at radius 3 is 1.40 bits per heavy atom. The van der Waals surface area contributed by atoms with E-state index < -0.39 is 41.5 Å². The van der Waals surface area contributed by atoms with Crippen LogP contribution in [0.3, 0.4) is 0 Å². The van der Waals surface area contributed by atoms with Gasteiger partial charge in [0.05, 0.1) is 4.90 Å². The fraction of sp³-hybridized carbons (Fsp3) is 0.455. The molecule has 4 rings (SSSR count). The summed E-state index contributed by atoms with van der Waals surface area (Å²) in [5.74, 6) is -0.918. The second-order valence-corrected chi connectivity index (χ2v) is 16.8. The van der Waals surface area contributed by atoms with Crippen molar-refractivity contribution in [3.63, 3.8) is 0 Å². The van der Waals surface area contributed by atoms with Crippen molar-refractivity contribution >= 4 is 58.0 Å². The minimum Gasteiger partial charge on any atom is -0.870 e. The van der Waals surface area contributed by atoms with Gasteiger partial charge in [0.15, 0.2) is 11.5 Å². The summed E-state index contributed by atoms with van der Waals surface area (Å²) >= 11 is 0. The molecule has 0 aromatic heterocycles. The summed E-state index contributed by atoms with van der Waals surface area (Å²) in [6, 6.07) is 21.9. The normalized spacial score (nSPS) is 11.3. The number of hydrogen-bond donors (Lipinski definition) is 2. The molecule has 0 radical (unpaired) electrons. The first-order valence-electron chi connectivity index (χ1n) is 19.9. The van der Waals surface area contributed by atoms with Crippen LogP contribution in [0.15, 0.2) is 94.7 Å². The Morgan fingerprint density at radius 1 is 0.544 bits per heavy atom. The molecule has 0 heterocycles. The molecule has 0 aliphatic heterocycles. The van der Waals surface area contributed by atoms with E-state index in [0.717, 1.165) is 42.9 Å². The number of rotatable bonds is 24. The van der Waals surface area contributed by atoms with E-state index in [1.807, 2.05) is 24.3 Å². The van der Waals surface area contributed by atoms with E-state index in [-0.39, 0.29) is 49.2 Å². The third-order valence-corrected chi connectivity index (χ3v) is 11.1. The summed E-state index contributed by atoms with van der Waals surface area (Å²) in [4.78, 5) is -1.09. The molecule has 0 atom stereocenters. The third kappa shape index (κ3) is 19.2. The number of phenolic OH excluding ortho intramolecular Hbond substituents is 1. The zero-order chi connectivity index (χ0) is 40.8. The van der Waals surface area contributed by atoms with E-state index in [4.69, 9.17) is 9.47 Å². The molecule has 0 amide bonds. The van der Waals surface area contributed by atoms with Crippen molar-refractivity contribution in [3.05, 3.63) is 96.1 Å². The molecule has 13 heteroatoms. The molecular weight excluding hydrogens is 793 g/mol. The molecule has 0 saturated heterocycles. The number of phenols is 1. The molecule has 10 nitrogen and oxygen atoms in total. The zero-order valence-electron chi connectivity index (χ0n) is 33.5. The van der Waals surface area contributed by atoms with Crippen molar-refractivity contribution in [2.24, 2.45) is 0 Å². The Bertz CT molecular complexity index is 1840. The number of aromatic hydroxyl groups is 1. The molecule has 308 valence electrons. The summed E-state index contributed by atoms with van der Waals surface area (Å²) in [5.41, 5.74) is 2.14. The monoisotopic (exact) mass is 850 g/mol. The van der Waals surface area contributed by atoms with Crippen LogP contribution in [0, 0.1) is 0 Å². The van der Waals surface area contributed by atoms with Gasteiger partial charge in [-0.05, 0) is 79.3 Å². The number of para-hydroxylation sites is 2. The predicted molar refractivity (Wildman–Crippen MR) is 223 cm³/mol. The second-order valence-electron chi connectivity index (χ2n) is 14.1. The number of benzene rings is 4. The maximum Gasteiger partial charge on any atom is 2.00 e. The molecule has 0 spiro atoms. The Labute approximate surface area is 370 Å². The summed E-state index contributed by atoms with van der Waals surface area (Å²) < 4.78 is 77.6. The molecule has 57 heavy (non-hydrogen) atoms. The molecule has 0 aliphatic carbocycles. The van der Waals surface area contributed by atoms with E-state index in [1.165, 1.54) is 120 Å². The second kappa shape index (κ2) is 27.0. The first kappa shape index (κ1) is 50.3. The van der Waals surface area contributed by atoms with Gasteiger partial charge in [0.1, 0.15) is 32.3 Å². The summed E-state index contributed by atoms with van der Waals surface area (Å²) in [6.07, 6.45) is 21.8. The van der Waals surface area contributed by atoms with Crippen molar-refractivity contribution in [3.8, 4) is 34.5 Å². The van der Waals surface area contributed by atoms with Crippen molar-refractivity contribution in [2.75, 3.05) is 0 Å². The van der Waals surface area contributed by atoms with Gasteiger partial charge in [-0.15, -0.1) is 0 Å². The van der Waals surface area contributed by atoms with Crippen LogP contribution in [-0.2, 0) is 33.1 Å². The molecule has 4 aromatic carbocycles. The molecular formula is C44H58CaO10S2. The van der Waals surface area contributed by atoms with Gasteiger partial charge >= 0.3 is 37.7 Å². The Kier molecular flexibility index (Phi) is 23.8. The van der Waals surface area contributed by atoms with Crippen LogP contribution >= 0.6 is 0 Å². The van der Waals surface area contributed by atoms with Gasteiger partial charge in [-0.2, -0.15) is 8.42 Å².